The number of hydrogen-bond donors (Lipinski definition) is 2. The van der Waals surface area contributed by atoms with Crippen molar-refractivity contribution in [1.82, 2.24) is 0 Å². The monoisotopic (exact) mass is 255 g/mol. The van der Waals surface area contributed by atoms with E-state index in [4.69, 9.17) is 14.7 Å². The Hall–Kier alpha value is -1.70. The van der Waals surface area contributed by atoms with Gasteiger partial charge in [0.25, 0.3) is 0 Å². The Bertz CT molecular complexity index is 636. The van der Waals surface area contributed by atoms with Gasteiger partial charge in [-0.2, -0.15) is 4.21 Å². The lowest BCUT2D eigenvalue weighted by Gasteiger charge is -2.04. The first-order valence-electron chi connectivity index (χ1n) is 4.62. The van der Waals surface area contributed by atoms with Crippen LogP contribution in [0.2, 0.25) is 0 Å². The summed E-state index contributed by atoms with van der Waals surface area (Å²) in [6.07, 6.45) is 0. The second-order valence-corrected chi connectivity index (χ2v) is 4.00. The quantitative estimate of drug-likeness (QED) is 0.482. The van der Waals surface area contributed by atoms with E-state index in [2.05, 4.69) is 4.18 Å². The van der Waals surface area contributed by atoms with Gasteiger partial charge in [-0.05, 0) is 17.7 Å². The summed E-state index contributed by atoms with van der Waals surface area (Å²) in [5, 5.41) is 0.615. The van der Waals surface area contributed by atoms with E-state index >= 15 is 0 Å². The van der Waals surface area contributed by atoms with Crippen molar-refractivity contribution < 1.29 is 17.4 Å². The zero-order valence-corrected chi connectivity index (χ0v) is 9.40. The maximum absolute atomic E-state index is 11.3. The molecule has 90 valence electrons. The molecule has 0 aliphatic carbocycles. The molecule has 1 unspecified atom stereocenters. The van der Waals surface area contributed by atoms with Crippen LogP contribution in [0, 0.1) is 0 Å². The highest BCUT2D eigenvalue weighted by Crippen LogP contribution is 2.20. The molecule has 0 saturated heterocycles. The molecule has 17 heavy (non-hydrogen) atoms. The van der Waals surface area contributed by atoms with E-state index in [0.717, 1.165) is 0 Å². The molecule has 0 amide bonds. The van der Waals surface area contributed by atoms with Crippen LogP contribution in [-0.2, 0) is 22.2 Å². The number of nitrogens with two attached hydrogens (primary N) is 1. The Morgan fingerprint density at radius 1 is 1.41 bits per heavy atom. The summed E-state index contributed by atoms with van der Waals surface area (Å²) >= 11 is -2.38. The predicted octanol–water partition coefficient (Wildman–Crippen LogP) is 1.03. The van der Waals surface area contributed by atoms with Gasteiger partial charge in [-0.3, -0.25) is 8.74 Å². The molecule has 0 fully saturated rings. The van der Waals surface area contributed by atoms with Crippen molar-refractivity contribution in [2.75, 3.05) is 5.73 Å². The molecule has 1 aromatic carbocycles. The second-order valence-electron chi connectivity index (χ2n) is 3.33. The highest BCUT2D eigenvalue weighted by atomic mass is 32.2. The molecule has 1 heterocycles. The van der Waals surface area contributed by atoms with Gasteiger partial charge in [0, 0.05) is 23.2 Å². The molecule has 7 heteroatoms. The third kappa shape index (κ3) is 2.70. The molecule has 3 N–H and O–H groups in total. The molecule has 1 aromatic heterocycles. The smallest absolute Gasteiger partial charge is 0.336 e. The Morgan fingerprint density at radius 2 is 2.18 bits per heavy atom. The Balaban J connectivity index is 2.53. The normalized spacial score (nSPS) is 12.8. The lowest BCUT2D eigenvalue weighted by atomic mass is 10.1. The van der Waals surface area contributed by atoms with Gasteiger partial charge in [0.15, 0.2) is 0 Å². The van der Waals surface area contributed by atoms with Crippen LogP contribution < -0.4 is 11.4 Å². The van der Waals surface area contributed by atoms with E-state index in [9.17, 15) is 9.00 Å². The first-order valence-corrected chi connectivity index (χ1v) is 5.66. The molecule has 0 saturated carbocycles. The maximum Gasteiger partial charge on any atom is 0.336 e. The highest BCUT2D eigenvalue weighted by molar-refractivity contribution is 7.74. The summed E-state index contributed by atoms with van der Waals surface area (Å²) in [5.41, 5.74) is 6.25. The lowest BCUT2D eigenvalue weighted by molar-refractivity contribution is 0.297. The van der Waals surface area contributed by atoms with E-state index in [0.29, 0.717) is 22.2 Å². The molecular weight excluding hydrogens is 246 g/mol. The van der Waals surface area contributed by atoms with Gasteiger partial charge in [0.1, 0.15) is 5.58 Å². The predicted molar refractivity (Wildman–Crippen MR) is 62.5 cm³/mol. The molecule has 6 nitrogen and oxygen atoms in total. The number of nitrogen functional groups attached to an aromatic ring is 1. The summed E-state index contributed by atoms with van der Waals surface area (Å²) in [6.45, 7) is -0.158. The van der Waals surface area contributed by atoms with Crippen molar-refractivity contribution in [2.24, 2.45) is 0 Å². The van der Waals surface area contributed by atoms with E-state index in [-0.39, 0.29) is 6.61 Å². The molecule has 2 aromatic rings. The first-order chi connectivity index (χ1) is 8.06. The third-order valence-electron chi connectivity index (χ3n) is 2.17. The van der Waals surface area contributed by atoms with Crippen LogP contribution in [0.1, 0.15) is 5.56 Å². The van der Waals surface area contributed by atoms with Crippen LogP contribution in [-0.4, -0.2) is 8.76 Å². The van der Waals surface area contributed by atoms with Crippen LogP contribution in [0.5, 0.6) is 0 Å². The fraction of sp³-hybridized carbons (Fsp3) is 0.100. The van der Waals surface area contributed by atoms with Crippen molar-refractivity contribution in [3.63, 3.8) is 0 Å². The van der Waals surface area contributed by atoms with Gasteiger partial charge in [-0.15, -0.1) is 0 Å². The van der Waals surface area contributed by atoms with Gasteiger partial charge < -0.3 is 10.2 Å². The van der Waals surface area contributed by atoms with Crippen molar-refractivity contribution >= 4 is 28.0 Å². The highest BCUT2D eigenvalue weighted by Gasteiger charge is 2.07. The molecule has 1 atom stereocenters. The van der Waals surface area contributed by atoms with Crippen LogP contribution in [0.4, 0.5) is 5.69 Å². The van der Waals surface area contributed by atoms with E-state index in [1.165, 1.54) is 12.1 Å². The van der Waals surface area contributed by atoms with Gasteiger partial charge in [0.05, 0.1) is 6.61 Å². The van der Waals surface area contributed by atoms with Gasteiger partial charge in [0.2, 0.25) is 0 Å². The standard InChI is InChI=1S/C10H9NO5S/c11-7-1-2-8-6(5-15-17(13)14)3-10(12)16-9(8)4-7/h1-4H,5,11H2,(H,13,14). The summed E-state index contributed by atoms with van der Waals surface area (Å²) < 4.78 is 28.4. The summed E-state index contributed by atoms with van der Waals surface area (Å²) in [6, 6.07) is 6.02. The molecule has 0 aliphatic rings. The van der Waals surface area contributed by atoms with Crippen molar-refractivity contribution in [3.05, 3.63) is 40.2 Å². The number of benzene rings is 1. The third-order valence-corrected chi connectivity index (χ3v) is 2.49. The van der Waals surface area contributed by atoms with Crippen LogP contribution in [0.15, 0.2) is 33.5 Å². The minimum atomic E-state index is -2.38. The van der Waals surface area contributed by atoms with Gasteiger partial charge in [-0.25, -0.2) is 4.79 Å². The van der Waals surface area contributed by atoms with E-state index < -0.39 is 17.0 Å². The number of anilines is 1. The molecular formula is C10H9NO5S. The van der Waals surface area contributed by atoms with Gasteiger partial charge in [-0.1, -0.05) is 0 Å². The zero-order valence-electron chi connectivity index (χ0n) is 8.58. The average Bonchev–Trinajstić information content (AvgIpc) is 2.24. The second kappa shape index (κ2) is 4.66. The maximum atomic E-state index is 11.3. The summed E-state index contributed by atoms with van der Waals surface area (Å²) in [5.74, 6) is 0. The Kier molecular flexibility index (Phi) is 3.23. The van der Waals surface area contributed by atoms with Crippen molar-refractivity contribution in [1.29, 1.82) is 0 Å². The SMILES string of the molecule is Nc1ccc2c(COS(=O)O)cc(=O)oc2c1. The summed E-state index contributed by atoms with van der Waals surface area (Å²) in [7, 11) is 0. The number of fused-ring (bicyclic) bond motifs is 1. The van der Waals surface area contributed by atoms with Crippen molar-refractivity contribution in [2.45, 2.75) is 6.61 Å². The summed E-state index contributed by atoms with van der Waals surface area (Å²) in [4.78, 5) is 11.3. The molecule has 0 radical (unpaired) electrons. The number of rotatable bonds is 3. The topological polar surface area (TPSA) is 103 Å². The largest absolute Gasteiger partial charge is 0.423 e. The Labute approximate surface area is 98.5 Å². The Morgan fingerprint density at radius 3 is 2.88 bits per heavy atom. The van der Waals surface area contributed by atoms with Crippen LogP contribution in [0.25, 0.3) is 11.0 Å². The fourth-order valence-electron chi connectivity index (χ4n) is 1.48. The average molecular weight is 255 g/mol. The molecule has 0 aliphatic heterocycles. The fourth-order valence-corrected chi connectivity index (χ4v) is 1.71. The molecule has 2 rings (SSSR count). The zero-order chi connectivity index (χ0) is 12.4. The first kappa shape index (κ1) is 11.8. The lowest BCUT2D eigenvalue weighted by Crippen LogP contribution is -2.03. The minimum Gasteiger partial charge on any atom is -0.423 e. The van der Waals surface area contributed by atoms with Crippen LogP contribution >= 0.6 is 0 Å². The van der Waals surface area contributed by atoms with Crippen LogP contribution in [0.3, 0.4) is 0 Å². The van der Waals surface area contributed by atoms with Gasteiger partial charge >= 0.3 is 17.0 Å². The molecule has 0 bridgehead atoms. The van der Waals surface area contributed by atoms with E-state index in [1.54, 1.807) is 12.1 Å². The van der Waals surface area contributed by atoms with Crippen molar-refractivity contribution in [3.8, 4) is 0 Å². The van der Waals surface area contributed by atoms with E-state index in [1.807, 2.05) is 0 Å². The number of hydrogen-bond acceptors (Lipinski definition) is 5. The minimum absolute atomic E-state index is 0.158. The molecule has 0 spiro atoms.